The number of amides is 2. The molecule has 3 N–H and O–H groups in total. The fraction of sp³-hybridized carbons (Fsp3) is 0.533. The third-order valence-corrected chi connectivity index (χ3v) is 4.23. The number of carbonyl (C=O) groups is 1. The first-order chi connectivity index (χ1) is 11.2. The third-order valence-electron chi connectivity index (χ3n) is 3.63. The number of carbonyl (C=O) groups excluding carboxylic acids is 1. The number of benzene rings is 1. The number of nitrogens with one attached hydrogen (secondary N) is 3. The van der Waals surface area contributed by atoms with Gasteiger partial charge >= 0.3 is 6.03 Å². The minimum Gasteiger partial charge on any atom is -0.334 e. The zero-order valence-electron chi connectivity index (χ0n) is 13.8. The lowest BCUT2D eigenvalue weighted by atomic mass is 10.2. The van der Waals surface area contributed by atoms with Gasteiger partial charge in [0.15, 0.2) is 0 Å². The smallest absolute Gasteiger partial charge is 0.319 e. The molecule has 7 nitrogen and oxygen atoms in total. The van der Waals surface area contributed by atoms with E-state index in [0.29, 0.717) is 0 Å². The molecule has 0 spiro atoms. The van der Waals surface area contributed by atoms with E-state index in [4.69, 9.17) is 0 Å². The summed E-state index contributed by atoms with van der Waals surface area (Å²) in [6.45, 7) is 4.68. The summed E-state index contributed by atoms with van der Waals surface area (Å²) in [7, 11) is -3.47. The second-order valence-corrected chi connectivity index (χ2v) is 7.82. The number of anilines is 2. The van der Waals surface area contributed by atoms with Crippen molar-refractivity contribution in [2.75, 3.05) is 35.9 Å². The molecule has 1 saturated heterocycles. The predicted molar refractivity (Wildman–Crippen MR) is 92.2 cm³/mol. The van der Waals surface area contributed by atoms with Crippen LogP contribution in [0.25, 0.3) is 0 Å². The second-order valence-electron chi connectivity index (χ2n) is 6.08. The second kappa shape index (κ2) is 7.80. The number of nitrogens with zero attached hydrogens (tertiary/aromatic N) is 1. The Labute approximate surface area is 141 Å². The number of sulfonamides is 1. The fourth-order valence-corrected chi connectivity index (χ4v) is 3.23. The first-order valence-electron chi connectivity index (χ1n) is 7.80. The van der Waals surface area contributed by atoms with E-state index >= 15 is 0 Å². The van der Waals surface area contributed by atoms with Crippen LogP contribution in [-0.2, 0) is 10.0 Å². The van der Waals surface area contributed by atoms with E-state index < -0.39 is 21.9 Å². The van der Waals surface area contributed by atoms with Gasteiger partial charge in [0.1, 0.15) is 5.82 Å². The largest absolute Gasteiger partial charge is 0.334 e. The van der Waals surface area contributed by atoms with Crippen molar-refractivity contribution in [2.24, 2.45) is 0 Å². The fourth-order valence-electron chi connectivity index (χ4n) is 2.68. The van der Waals surface area contributed by atoms with E-state index in [1.54, 1.807) is 0 Å². The average Bonchev–Trinajstić information content (AvgIpc) is 2.93. The summed E-state index contributed by atoms with van der Waals surface area (Å²) >= 11 is 0. The molecule has 1 fully saturated rings. The van der Waals surface area contributed by atoms with Gasteiger partial charge in [0.2, 0.25) is 10.0 Å². The molecule has 1 aromatic carbocycles. The van der Waals surface area contributed by atoms with Gasteiger partial charge in [-0.15, -0.1) is 0 Å². The van der Waals surface area contributed by atoms with Gasteiger partial charge in [-0.25, -0.2) is 17.6 Å². The molecule has 9 heteroatoms. The first-order valence-corrected chi connectivity index (χ1v) is 9.69. The Bertz CT molecular complexity index is 690. The van der Waals surface area contributed by atoms with Crippen molar-refractivity contribution in [3.63, 3.8) is 0 Å². The normalized spacial score (nSPS) is 16.6. The summed E-state index contributed by atoms with van der Waals surface area (Å²) < 4.78 is 38.5. The highest BCUT2D eigenvalue weighted by Crippen LogP contribution is 2.20. The zero-order valence-corrected chi connectivity index (χ0v) is 14.6. The molecule has 2 rings (SSSR count). The van der Waals surface area contributed by atoms with Gasteiger partial charge in [-0.05, 0) is 51.1 Å². The molecule has 2 amide bonds. The highest BCUT2D eigenvalue weighted by atomic mass is 32.2. The Morgan fingerprint density at radius 1 is 1.33 bits per heavy atom. The molecule has 0 aliphatic carbocycles. The molecule has 1 atom stereocenters. The van der Waals surface area contributed by atoms with Crippen LogP contribution in [0, 0.1) is 5.82 Å². The predicted octanol–water partition coefficient (Wildman–Crippen LogP) is 1.80. The Hall–Kier alpha value is -1.87. The summed E-state index contributed by atoms with van der Waals surface area (Å²) in [5.74, 6) is -0.642. The van der Waals surface area contributed by atoms with Gasteiger partial charge in [0.25, 0.3) is 0 Å². The summed E-state index contributed by atoms with van der Waals surface area (Å²) in [4.78, 5) is 14.3. The van der Waals surface area contributed by atoms with Gasteiger partial charge in [-0.1, -0.05) is 0 Å². The Balaban J connectivity index is 1.93. The molecule has 0 unspecified atom stereocenters. The number of urea groups is 1. The molecule has 24 heavy (non-hydrogen) atoms. The first kappa shape index (κ1) is 18.5. The number of hydrogen-bond acceptors (Lipinski definition) is 4. The van der Waals surface area contributed by atoms with Crippen molar-refractivity contribution in [1.29, 1.82) is 0 Å². The van der Waals surface area contributed by atoms with Crippen molar-refractivity contribution in [1.82, 2.24) is 10.2 Å². The third kappa shape index (κ3) is 5.97. The number of rotatable bonds is 6. The molecule has 0 saturated carbocycles. The van der Waals surface area contributed by atoms with Crippen LogP contribution in [-0.4, -0.2) is 51.3 Å². The van der Waals surface area contributed by atoms with Crippen molar-refractivity contribution in [3.05, 3.63) is 24.0 Å². The SMILES string of the molecule is C[C@H](CN1CCCC1)NC(=O)Nc1cc(NS(C)(=O)=O)ccc1F. The topological polar surface area (TPSA) is 90.5 Å². The highest BCUT2D eigenvalue weighted by Gasteiger charge is 2.16. The minimum absolute atomic E-state index is 0.0801. The van der Waals surface area contributed by atoms with E-state index in [9.17, 15) is 17.6 Å². The van der Waals surface area contributed by atoms with Crippen molar-refractivity contribution in [3.8, 4) is 0 Å². The van der Waals surface area contributed by atoms with Crippen molar-refractivity contribution in [2.45, 2.75) is 25.8 Å². The van der Waals surface area contributed by atoms with Crippen LogP contribution in [0.3, 0.4) is 0 Å². The molecule has 0 bridgehead atoms. The zero-order chi connectivity index (χ0) is 17.7. The lowest BCUT2D eigenvalue weighted by molar-refractivity contribution is 0.242. The molecule has 1 aromatic rings. The number of likely N-dealkylation sites (tertiary alicyclic amines) is 1. The van der Waals surface area contributed by atoms with E-state index in [2.05, 4.69) is 20.3 Å². The van der Waals surface area contributed by atoms with Crippen LogP contribution in [0.4, 0.5) is 20.6 Å². The molecule has 0 aromatic heterocycles. The summed E-state index contributed by atoms with van der Waals surface area (Å²) in [5, 5.41) is 5.17. The minimum atomic E-state index is -3.47. The summed E-state index contributed by atoms with van der Waals surface area (Å²) in [6.07, 6.45) is 3.34. The van der Waals surface area contributed by atoms with Gasteiger partial charge in [-0.2, -0.15) is 0 Å². The van der Waals surface area contributed by atoms with Crippen LogP contribution in [0.2, 0.25) is 0 Å². The Morgan fingerprint density at radius 2 is 2.00 bits per heavy atom. The van der Waals surface area contributed by atoms with Crippen LogP contribution in [0.5, 0.6) is 0 Å². The van der Waals surface area contributed by atoms with Gasteiger partial charge < -0.3 is 15.5 Å². The number of halogens is 1. The standard InChI is InChI=1S/C15H23FN4O3S/c1-11(10-20-7-3-4-8-20)17-15(21)18-14-9-12(5-6-13(14)16)19-24(2,22)23/h5-6,9,11,19H,3-4,7-8,10H2,1-2H3,(H2,17,18,21)/t11-/m1/s1. The van der Waals surface area contributed by atoms with Crippen molar-refractivity contribution >= 4 is 27.4 Å². The Kier molecular flexibility index (Phi) is 6.00. The molecule has 1 heterocycles. The quantitative estimate of drug-likeness (QED) is 0.723. The van der Waals surface area contributed by atoms with Crippen LogP contribution < -0.4 is 15.4 Å². The van der Waals surface area contributed by atoms with Crippen LogP contribution in [0.1, 0.15) is 19.8 Å². The van der Waals surface area contributed by atoms with Crippen molar-refractivity contribution < 1.29 is 17.6 Å². The molecular weight excluding hydrogens is 335 g/mol. The summed E-state index contributed by atoms with van der Waals surface area (Å²) in [5.41, 5.74) is 0.0915. The van der Waals surface area contributed by atoms with Gasteiger partial charge in [0, 0.05) is 12.6 Å². The summed E-state index contributed by atoms with van der Waals surface area (Å²) in [6, 6.07) is 3.01. The molecular formula is C15H23FN4O3S. The van der Waals surface area contributed by atoms with Gasteiger partial charge in [-0.3, -0.25) is 4.72 Å². The van der Waals surface area contributed by atoms with E-state index in [0.717, 1.165) is 32.0 Å². The average molecular weight is 358 g/mol. The molecule has 134 valence electrons. The van der Waals surface area contributed by atoms with Crippen LogP contribution in [0.15, 0.2) is 18.2 Å². The lowest BCUT2D eigenvalue weighted by Crippen LogP contribution is -2.43. The van der Waals surface area contributed by atoms with Gasteiger partial charge in [0.05, 0.1) is 17.6 Å². The molecule has 1 aliphatic rings. The monoisotopic (exact) mass is 358 g/mol. The number of hydrogen-bond donors (Lipinski definition) is 3. The van der Waals surface area contributed by atoms with E-state index in [1.165, 1.54) is 25.0 Å². The molecule has 0 radical (unpaired) electrons. The van der Waals surface area contributed by atoms with E-state index in [-0.39, 0.29) is 17.4 Å². The maximum absolute atomic E-state index is 13.8. The highest BCUT2D eigenvalue weighted by molar-refractivity contribution is 7.92. The molecule has 1 aliphatic heterocycles. The maximum atomic E-state index is 13.8. The van der Waals surface area contributed by atoms with Crippen LogP contribution >= 0.6 is 0 Å². The lowest BCUT2D eigenvalue weighted by Gasteiger charge is -2.21. The van der Waals surface area contributed by atoms with E-state index in [1.807, 2.05) is 6.92 Å². The Morgan fingerprint density at radius 3 is 2.62 bits per heavy atom. The maximum Gasteiger partial charge on any atom is 0.319 e.